The molecule has 2 N–H and O–H groups in total. The molecule has 122 valence electrons. The monoisotopic (exact) mass is 298 g/mol. The van der Waals surface area contributed by atoms with Crippen LogP contribution in [0.5, 0.6) is 0 Å². The Hall–Kier alpha value is -1.26. The lowest BCUT2D eigenvalue weighted by atomic mass is 9.84. The van der Waals surface area contributed by atoms with E-state index < -0.39 is 5.97 Å². The molecule has 1 saturated heterocycles. The highest BCUT2D eigenvalue weighted by Crippen LogP contribution is 2.26. The largest absolute Gasteiger partial charge is 0.481 e. The molecule has 0 unspecified atom stereocenters. The van der Waals surface area contributed by atoms with Crippen LogP contribution >= 0.6 is 0 Å². The van der Waals surface area contributed by atoms with E-state index in [0.29, 0.717) is 13.0 Å². The number of carbonyl (C=O) groups excluding carboxylic acids is 1. The normalized spacial score (nSPS) is 17.0. The molecule has 5 nitrogen and oxygen atoms in total. The van der Waals surface area contributed by atoms with Gasteiger partial charge in [-0.2, -0.15) is 0 Å². The van der Waals surface area contributed by atoms with E-state index in [4.69, 9.17) is 5.11 Å². The number of hydrogen-bond acceptors (Lipinski definition) is 2. The van der Waals surface area contributed by atoms with Gasteiger partial charge in [-0.15, -0.1) is 0 Å². The summed E-state index contributed by atoms with van der Waals surface area (Å²) < 4.78 is 0. The number of carboxylic acids is 1. The van der Waals surface area contributed by atoms with E-state index in [1.807, 2.05) is 4.90 Å². The second-order valence-electron chi connectivity index (χ2n) is 6.79. The van der Waals surface area contributed by atoms with E-state index in [-0.39, 0.29) is 17.9 Å². The fourth-order valence-electron chi connectivity index (χ4n) is 2.64. The van der Waals surface area contributed by atoms with E-state index in [9.17, 15) is 9.59 Å². The van der Waals surface area contributed by atoms with Gasteiger partial charge in [-0.1, -0.05) is 33.1 Å². The molecule has 0 aromatic carbocycles. The van der Waals surface area contributed by atoms with Gasteiger partial charge in [-0.05, 0) is 31.1 Å². The van der Waals surface area contributed by atoms with Crippen LogP contribution in [0.2, 0.25) is 0 Å². The summed E-state index contributed by atoms with van der Waals surface area (Å²) in [6.07, 6.45) is 7.54. The van der Waals surface area contributed by atoms with Gasteiger partial charge in [0.05, 0.1) is 0 Å². The van der Waals surface area contributed by atoms with Gasteiger partial charge in [-0.3, -0.25) is 4.79 Å². The van der Waals surface area contributed by atoms with Gasteiger partial charge >= 0.3 is 12.0 Å². The number of carbonyl (C=O) groups is 2. The van der Waals surface area contributed by atoms with Crippen molar-refractivity contribution in [2.75, 3.05) is 19.6 Å². The lowest BCUT2D eigenvalue weighted by Crippen LogP contribution is -2.42. The molecule has 0 aromatic heterocycles. The fraction of sp³-hybridized carbons (Fsp3) is 0.875. The number of hydrogen-bond donors (Lipinski definition) is 2. The first-order chi connectivity index (χ1) is 9.91. The number of amides is 2. The zero-order valence-electron chi connectivity index (χ0n) is 13.5. The van der Waals surface area contributed by atoms with Crippen molar-refractivity contribution in [2.45, 2.75) is 65.2 Å². The molecule has 1 heterocycles. The maximum Gasteiger partial charge on any atom is 0.317 e. The Labute approximate surface area is 128 Å². The maximum atomic E-state index is 12.1. The third-order valence-electron chi connectivity index (χ3n) is 4.24. The molecular formula is C16H30N2O3. The Bertz CT molecular complexity index is 334. The van der Waals surface area contributed by atoms with Crippen LogP contribution in [0.1, 0.15) is 65.2 Å². The molecule has 0 saturated carbocycles. The number of likely N-dealkylation sites (tertiary alicyclic amines) is 1. The molecule has 0 radical (unpaired) electrons. The summed E-state index contributed by atoms with van der Waals surface area (Å²) in [5, 5.41) is 11.7. The first-order valence-electron chi connectivity index (χ1n) is 8.15. The Morgan fingerprint density at radius 1 is 1.05 bits per heavy atom. The SMILES string of the molecule is CC(C)(CCNC(=O)N1CCCCCCC1)CCC(=O)O. The lowest BCUT2D eigenvalue weighted by Gasteiger charge is -2.27. The molecule has 0 spiro atoms. The fourth-order valence-corrected chi connectivity index (χ4v) is 2.64. The summed E-state index contributed by atoms with van der Waals surface area (Å²) in [5.41, 5.74) is -0.0536. The van der Waals surface area contributed by atoms with Gasteiger partial charge in [0.15, 0.2) is 0 Å². The van der Waals surface area contributed by atoms with Gasteiger partial charge in [0.1, 0.15) is 0 Å². The van der Waals surface area contributed by atoms with E-state index in [1.165, 1.54) is 19.3 Å². The van der Waals surface area contributed by atoms with Crippen LogP contribution in [-0.4, -0.2) is 41.6 Å². The van der Waals surface area contributed by atoms with Crippen molar-refractivity contribution in [2.24, 2.45) is 5.41 Å². The van der Waals surface area contributed by atoms with Crippen LogP contribution in [0.4, 0.5) is 4.79 Å². The van der Waals surface area contributed by atoms with Crippen molar-refractivity contribution in [1.82, 2.24) is 10.2 Å². The molecule has 0 aliphatic carbocycles. The van der Waals surface area contributed by atoms with Crippen LogP contribution in [0.3, 0.4) is 0 Å². The molecule has 5 heteroatoms. The van der Waals surface area contributed by atoms with Gasteiger partial charge in [0.2, 0.25) is 0 Å². The predicted molar refractivity (Wildman–Crippen MR) is 83.3 cm³/mol. The molecule has 0 aromatic rings. The van der Waals surface area contributed by atoms with Crippen molar-refractivity contribution < 1.29 is 14.7 Å². The molecule has 0 bridgehead atoms. The Morgan fingerprint density at radius 3 is 2.19 bits per heavy atom. The summed E-state index contributed by atoms with van der Waals surface area (Å²) in [6, 6.07) is 0.0333. The van der Waals surface area contributed by atoms with Gasteiger partial charge in [0, 0.05) is 26.1 Å². The standard InChI is InChI=1S/C16H30N2O3/c1-16(2,9-8-14(19)20)10-11-17-15(21)18-12-6-4-3-5-7-13-18/h3-13H2,1-2H3,(H,17,21)(H,19,20). The predicted octanol–water partition coefficient (Wildman–Crippen LogP) is 3.24. The van der Waals surface area contributed by atoms with E-state index in [2.05, 4.69) is 19.2 Å². The highest BCUT2D eigenvalue weighted by Gasteiger charge is 2.20. The Morgan fingerprint density at radius 2 is 1.62 bits per heavy atom. The number of aliphatic carboxylic acids is 1. The third-order valence-corrected chi connectivity index (χ3v) is 4.24. The molecule has 1 aliphatic heterocycles. The van der Waals surface area contributed by atoms with Gasteiger partial charge in [0.25, 0.3) is 0 Å². The molecular weight excluding hydrogens is 268 g/mol. The number of nitrogens with zero attached hydrogens (tertiary/aromatic N) is 1. The smallest absolute Gasteiger partial charge is 0.317 e. The second-order valence-corrected chi connectivity index (χ2v) is 6.79. The molecule has 1 fully saturated rings. The van der Waals surface area contributed by atoms with Crippen molar-refractivity contribution in [3.63, 3.8) is 0 Å². The van der Waals surface area contributed by atoms with Crippen molar-refractivity contribution >= 4 is 12.0 Å². The third kappa shape index (κ3) is 7.93. The van der Waals surface area contributed by atoms with Crippen LogP contribution in [0, 0.1) is 5.41 Å². The maximum absolute atomic E-state index is 12.1. The first kappa shape index (κ1) is 17.8. The minimum Gasteiger partial charge on any atom is -0.481 e. The summed E-state index contributed by atoms with van der Waals surface area (Å²) in [4.78, 5) is 24.7. The molecule has 0 atom stereocenters. The quantitative estimate of drug-likeness (QED) is 0.791. The lowest BCUT2D eigenvalue weighted by molar-refractivity contribution is -0.137. The van der Waals surface area contributed by atoms with Gasteiger partial charge < -0.3 is 15.3 Å². The van der Waals surface area contributed by atoms with Crippen LogP contribution in [-0.2, 0) is 4.79 Å². The zero-order chi connectivity index (χ0) is 15.7. The van der Waals surface area contributed by atoms with Crippen LogP contribution < -0.4 is 5.32 Å². The van der Waals surface area contributed by atoms with Crippen molar-refractivity contribution in [3.05, 3.63) is 0 Å². The van der Waals surface area contributed by atoms with Crippen LogP contribution in [0.15, 0.2) is 0 Å². The number of urea groups is 1. The highest BCUT2D eigenvalue weighted by molar-refractivity contribution is 5.74. The topological polar surface area (TPSA) is 69.6 Å². The van der Waals surface area contributed by atoms with E-state index >= 15 is 0 Å². The zero-order valence-corrected chi connectivity index (χ0v) is 13.5. The minimum atomic E-state index is -0.757. The van der Waals surface area contributed by atoms with Crippen molar-refractivity contribution in [3.8, 4) is 0 Å². The van der Waals surface area contributed by atoms with E-state index in [1.54, 1.807) is 0 Å². The number of carboxylic acid groups (broad SMARTS) is 1. The number of nitrogens with one attached hydrogen (secondary N) is 1. The summed E-state index contributed by atoms with van der Waals surface area (Å²) in [6.45, 7) is 6.43. The molecule has 21 heavy (non-hydrogen) atoms. The van der Waals surface area contributed by atoms with Crippen LogP contribution in [0.25, 0.3) is 0 Å². The minimum absolute atomic E-state index is 0.0333. The molecule has 1 aliphatic rings. The Kier molecular flexibility index (Phi) is 7.54. The van der Waals surface area contributed by atoms with Gasteiger partial charge in [-0.25, -0.2) is 4.79 Å². The number of rotatable bonds is 6. The summed E-state index contributed by atoms with van der Waals surface area (Å²) in [5.74, 6) is -0.757. The van der Waals surface area contributed by atoms with Crippen molar-refractivity contribution in [1.29, 1.82) is 0 Å². The highest BCUT2D eigenvalue weighted by atomic mass is 16.4. The summed E-state index contributed by atoms with van der Waals surface area (Å²) >= 11 is 0. The average Bonchev–Trinajstić information content (AvgIpc) is 2.35. The Balaban J connectivity index is 2.26. The summed E-state index contributed by atoms with van der Waals surface area (Å²) in [7, 11) is 0. The second kappa shape index (κ2) is 8.90. The first-order valence-corrected chi connectivity index (χ1v) is 8.15. The van der Waals surface area contributed by atoms with E-state index in [0.717, 1.165) is 32.4 Å². The average molecular weight is 298 g/mol. The molecule has 2 amide bonds. The molecule has 1 rings (SSSR count).